The summed E-state index contributed by atoms with van der Waals surface area (Å²) in [4.78, 5) is 12.7. The summed E-state index contributed by atoms with van der Waals surface area (Å²) in [5, 5.41) is 109. The average Bonchev–Trinajstić information content (AvgIpc) is 3.47. The molecule has 1 saturated carbocycles. The first-order valence-electron chi connectivity index (χ1n) is 17.9. The number of nitrogens with two attached hydrogens (primary N) is 5. The van der Waals surface area contributed by atoms with E-state index in [1.165, 1.54) is 0 Å². The second-order valence-corrected chi connectivity index (χ2v) is 14.2. The van der Waals surface area contributed by atoms with Gasteiger partial charge >= 0.3 is 0 Å². The minimum absolute atomic E-state index is 0.110. The highest BCUT2D eigenvalue weighted by atomic mass is 19.1. The molecule has 25 heteroatoms. The van der Waals surface area contributed by atoms with Gasteiger partial charge in [0.15, 0.2) is 25.0 Å². The Morgan fingerprint density at radius 1 is 0.745 bits per heavy atom. The molecule has 4 aliphatic rings. The van der Waals surface area contributed by atoms with E-state index in [1.54, 1.807) is 0 Å². The molecule has 24 nitrogen and oxygen atoms in total. The van der Waals surface area contributed by atoms with Crippen molar-refractivity contribution in [1.82, 2.24) is 10.6 Å². The smallest absolute Gasteiger partial charge is 0.252 e. The second-order valence-electron chi connectivity index (χ2n) is 14.2. The normalized spacial score (nSPS) is 45.6. The summed E-state index contributed by atoms with van der Waals surface area (Å²) in [7, 11) is 0. The lowest BCUT2D eigenvalue weighted by atomic mass is 9.83. The van der Waals surface area contributed by atoms with Crippen LogP contribution in [0, 0.1) is 0 Å². The van der Waals surface area contributed by atoms with Gasteiger partial charge in [-0.2, -0.15) is 0 Å². The van der Waals surface area contributed by atoms with Gasteiger partial charge in [0.25, 0.3) is 5.91 Å². The predicted molar refractivity (Wildman–Crippen MR) is 179 cm³/mol. The molecule has 3 heterocycles. The second kappa shape index (κ2) is 20.5. The van der Waals surface area contributed by atoms with Crippen LogP contribution in [0.3, 0.4) is 0 Å². The number of ether oxygens (including phenoxy) is 6. The Labute approximate surface area is 314 Å². The first kappa shape index (κ1) is 46.2. The van der Waals surface area contributed by atoms with E-state index in [-0.39, 0.29) is 26.1 Å². The van der Waals surface area contributed by atoms with Crippen LogP contribution in [0.1, 0.15) is 6.42 Å². The van der Waals surface area contributed by atoms with Gasteiger partial charge in [-0.05, 0) is 6.42 Å². The molecule has 3 aliphatic heterocycles. The third-order valence-electron chi connectivity index (χ3n) is 10.2. The van der Waals surface area contributed by atoms with Crippen molar-refractivity contribution in [3.63, 3.8) is 0 Å². The molecule has 4 rings (SSSR count). The van der Waals surface area contributed by atoms with E-state index >= 15 is 0 Å². The van der Waals surface area contributed by atoms with Gasteiger partial charge in [0.2, 0.25) is 0 Å². The highest BCUT2D eigenvalue weighted by Crippen LogP contribution is 2.35. The van der Waals surface area contributed by atoms with E-state index in [0.717, 1.165) is 0 Å². The highest BCUT2D eigenvalue weighted by molar-refractivity contribution is 5.81. The summed E-state index contributed by atoms with van der Waals surface area (Å²) in [6, 6.07) is -5.35. The monoisotopic (exact) mass is 807 g/mol. The maximum absolute atomic E-state index is 14.1. The van der Waals surface area contributed by atoms with Gasteiger partial charge in [-0.1, -0.05) is 0 Å². The highest BCUT2D eigenvalue weighted by Gasteiger charge is 2.55. The van der Waals surface area contributed by atoms with Crippen molar-refractivity contribution in [2.24, 2.45) is 28.7 Å². The molecule has 1 aliphatic carbocycles. The van der Waals surface area contributed by atoms with Gasteiger partial charge in [0.1, 0.15) is 79.4 Å². The molecule has 22 N–H and O–H groups in total. The van der Waals surface area contributed by atoms with Gasteiger partial charge in [-0.15, -0.1) is 0 Å². The zero-order valence-corrected chi connectivity index (χ0v) is 29.7. The van der Waals surface area contributed by atoms with Gasteiger partial charge in [-0.25, -0.2) is 4.39 Å². The van der Waals surface area contributed by atoms with Gasteiger partial charge in [0, 0.05) is 32.2 Å². The van der Waals surface area contributed by atoms with Crippen LogP contribution in [0.15, 0.2) is 0 Å². The minimum Gasteiger partial charge on any atom is -0.394 e. The van der Waals surface area contributed by atoms with Crippen molar-refractivity contribution in [1.29, 1.82) is 0 Å². The molecule has 0 spiro atoms. The van der Waals surface area contributed by atoms with Crippen LogP contribution in [0.5, 0.6) is 0 Å². The number of nitrogens with one attached hydrogen (secondary N) is 2. The van der Waals surface area contributed by atoms with E-state index in [0.29, 0.717) is 0 Å². The number of aliphatic hydroxyl groups excluding tert-OH is 10. The molecule has 22 atom stereocenters. The summed E-state index contributed by atoms with van der Waals surface area (Å²) in [6.45, 7) is -2.55. The molecular weight excluding hydrogens is 749 g/mol. The van der Waals surface area contributed by atoms with Gasteiger partial charge in [-0.3, -0.25) is 4.79 Å². The van der Waals surface area contributed by atoms with Gasteiger partial charge < -0.3 is 119 Å². The molecule has 0 aromatic rings. The molecule has 322 valence electrons. The number of aliphatic hydroxyl groups is 10. The Morgan fingerprint density at radius 3 is 1.85 bits per heavy atom. The third-order valence-corrected chi connectivity index (χ3v) is 10.2. The molecular formula is C30H58FN7O17. The molecule has 0 aromatic heterocycles. The number of amides is 1. The van der Waals surface area contributed by atoms with Crippen LogP contribution in [-0.2, 0) is 33.2 Å². The van der Waals surface area contributed by atoms with Crippen molar-refractivity contribution >= 4 is 5.91 Å². The SMILES string of the molecule is NC[C@@H](F)[C@H](O)C(=O)N[C@@H]1C[C@H](N)[C@@H](O[C@H]2O[C@H](CNCC(O)CO)[C@@H](O)[C@H](O)[C@H]2N)[C@H](O[C@@H]2O[C@H](CO)[C@@H](O[C@H]3O[C@@H](CN)[C@@H](O)[C@H](O)[C@H]3N)[C@H]2O)[C@H]1O. The first-order valence-corrected chi connectivity index (χ1v) is 17.9. The molecule has 1 amide bonds. The number of halogens is 1. The number of alkyl halides is 1. The van der Waals surface area contributed by atoms with Crippen LogP contribution in [0.25, 0.3) is 0 Å². The molecule has 4 fully saturated rings. The molecule has 55 heavy (non-hydrogen) atoms. The maximum atomic E-state index is 14.1. The summed E-state index contributed by atoms with van der Waals surface area (Å²) in [5.41, 5.74) is 29.5. The largest absolute Gasteiger partial charge is 0.394 e. The van der Waals surface area contributed by atoms with Crippen LogP contribution in [0.4, 0.5) is 4.39 Å². The standard InChI is InChI=1S/C30H58FN7O17/c31-9(2-32)17(42)27(49)38-11-1-10(34)24(53-29-16(36)22(47)20(45)13(51-29)5-37-4-8(41)6-39)26(18(11)43)55-30-23(48)25(14(7-40)52-30)54-28-15(35)21(46)19(44)12(3-33)50-28/h8-26,28-30,37,39-48H,1-7,32-36H2,(H,38,49)/t8?,9-,10+,11-,12+,13-,14-,15-,16-,17+,18+,19-,20-,21-,22-,23-,24-,25-,26-,28-,29-,30+/m1/s1. The molecule has 0 aromatic carbocycles. The van der Waals surface area contributed by atoms with Crippen molar-refractivity contribution < 1.29 is 88.7 Å². The van der Waals surface area contributed by atoms with E-state index < -0.39 is 160 Å². The van der Waals surface area contributed by atoms with E-state index in [9.17, 15) is 55.1 Å². The number of carbonyl (C=O) groups excluding carboxylic acids is 1. The Morgan fingerprint density at radius 2 is 1.29 bits per heavy atom. The summed E-state index contributed by atoms with van der Waals surface area (Å²) >= 11 is 0. The summed E-state index contributed by atoms with van der Waals surface area (Å²) < 4.78 is 49.2. The minimum atomic E-state index is -2.22. The number of hydrogen-bond acceptors (Lipinski definition) is 23. The van der Waals surface area contributed by atoms with Crippen molar-refractivity contribution in [3.05, 3.63) is 0 Å². The molecule has 0 radical (unpaired) electrons. The molecule has 3 saturated heterocycles. The number of rotatable bonds is 17. The first-order chi connectivity index (χ1) is 26.0. The fourth-order valence-electron chi connectivity index (χ4n) is 6.84. The Kier molecular flexibility index (Phi) is 17.2. The van der Waals surface area contributed by atoms with Crippen molar-refractivity contribution in [3.8, 4) is 0 Å². The lowest BCUT2D eigenvalue weighted by Crippen LogP contribution is -2.69. The third kappa shape index (κ3) is 10.6. The van der Waals surface area contributed by atoms with Crippen LogP contribution in [-0.4, -0.2) is 231 Å². The fraction of sp³-hybridized carbons (Fsp3) is 0.967. The van der Waals surface area contributed by atoms with Crippen molar-refractivity contribution in [2.45, 2.75) is 141 Å². The van der Waals surface area contributed by atoms with E-state index in [4.69, 9.17) is 62.2 Å². The molecule has 1 unspecified atom stereocenters. The Bertz CT molecular complexity index is 1200. The van der Waals surface area contributed by atoms with Gasteiger partial charge in [0.05, 0.1) is 37.4 Å². The lowest BCUT2D eigenvalue weighted by Gasteiger charge is -2.48. The summed E-state index contributed by atoms with van der Waals surface area (Å²) in [5.74, 6) is -1.25. The average molecular weight is 808 g/mol. The maximum Gasteiger partial charge on any atom is 0.252 e. The van der Waals surface area contributed by atoms with E-state index in [2.05, 4.69) is 10.6 Å². The molecule has 0 bridgehead atoms. The topological polar surface area (TPSA) is 429 Å². The quantitative estimate of drug-likeness (QED) is 0.0648. The predicted octanol–water partition coefficient (Wildman–Crippen LogP) is -11.1. The van der Waals surface area contributed by atoms with Crippen LogP contribution < -0.4 is 39.3 Å². The zero-order chi connectivity index (χ0) is 40.9. The fourth-order valence-corrected chi connectivity index (χ4v) is 6.84. The number of hydrogen-bond donors (Lipinski definition) is 17. The summed E-state index contributed by atoms with van der Waals surface area (Å²) in [6.07, 6.45) is -28.8. The van der Waals surface area contributed by atoms with E-state index in [1.807, 2.05) is 0 Å². The lowest BCUT2D eigenvalue weighted by molar-refractivity contribution is -0.308. The van der Waals surface area contributed by atoms with Crippen molar-refractivity contribution in [2.75, 3.05) is 39.4 Å². The zero-order valence-electron chi connectivity index (χ0n) is 29.7. The van der Waals surface area contributed by atoms with Crippen LogP contribution >= 0.6 is 0 Å². The number of carbonyl (C=O) groups is 1. The Balaban J connectivity index is 1.58. The van der Waals surface area contributed by atoms with Crippen LogP contribution in [0.2, 0.25) is 0 Å². The Hall–Kier alpha value is -1.48.